The molecule has 1 aromatic carbocycles. The maximum atomic E-state index is 16.6. The Morgan fingerprint density at radius 2 is 0.574 bits per heavy atom. The molecule has 3 aromatic heterocycles. The van der Waals surface area contributed by atoms with Crippen LogP contribution in [0.4, 0.5) is 39.5 Å². The lowest BCUT2D eigenvalue weighted by Gasteiger charge is -2.00. The fraction of sp³-hybridized carbons (Fsp3) is 0. The Hall–Kier alpha value is -8.40. The van der Waals surface area contributed by atoms with E-state index >= 15 is 26.3 Å². The van der Waals surface area contributed by atoms with Crippen molar-refractivity contribution >= 4 is 51.7 Å². The number of hydrogen-bond donors (Lipinski definition) is 0. The van der Waals surface area contributed by atoms with Crippen LogP contribution in [0.25, 0.3) is 51.7 Å². The van der Waals surface area contributed by atoms with E-state index in [1.807, 2.05) is 0 Å². The molecule has 0 fully saturated rings. The van der Waals surface area contributed by atoms with Gasteiger partial charge in [0.2, 0.25) is 17.7 Å². The molecule has 0 saturated heterocycles. The molecule has 0 bridgehead atoms. The van der Waals surface area contributed by atoms with Crippen LogP contribution in [0.3, 0.4) is 0 Å². The van der Waals surface area contributed by atoms with Gasteiger partial charge in [0.1, 0.15) is 88.1 Å². The number of fused-ring (bicyclic) bond motifs is 6. The average molecular weight is 741 g/mol. The zero-order chi connectivity index (χ0) is 39.1. The number of nitriles is 6. The molecule has 3 heterocycles. The Morgan fingerprint density at radius 1 is 0.370 bits per heavy atom. The highest BCUT2D eigenvalue weighted by atomic mass is 19.2. The zero-order valence-corrected chi connectivity index (χ0v) is 25.2. The van der Waals surface area contributed by atoms with E-state index in [2.05, 4.69) is 15.0 Å². The quantitative estimate of drug-likeness (QED) is 0.218. The van der Waals surface area contributed by atoms with Crippen LogP contribution in [0.5, 0.6) is 0 Å². The molecule has 0 N–H and O–H groups in total. The van der Waals surface area contributed by atoms with Gasteiger partial charge in [-0.1, -0.05) is 0 Å². The number of nitrogens with zero attached hydrogens (tertiary/aromatic N) is 9. The second kappa shape index (κ2) is 11.8. The largest absolute Gasteiger partial charge is 0.421 e. The number of rotatable bonds is 3. The summed E-state index contributed by atoms with van der Waals surface area (Å²) in [6.45, 7) is 0. The number of oxazole rings is 3. The molecule has 12 nitrogen and oxygen atoms in total. The fourth-order valence-electron chi connectivity index (χ4n) is 5.83. The van der Waals surface area contributed by atoms with E-state index in [9.17, 15) is 29.0 Å². The number of allylic oxidation sites excluding steroid dienone is 6. The molecule has 3 aliphatic rings. The van der Waals surface area contributed by atoms with Crippen LogP contribution in [-0.4, -0.2) is 15.0 Å². The van der Waals surface area contributed by atoms with Gasteiger partial charge in [-0.3, -0.25) is 0 Å². The summed E-state index contributed by atoms with van der Waals surface area (Å²) in [7, 11) is 0. The summed E-state index contributed by atoms with van der Waals surface area (Å²) in [6, 6.07) is 7.29. The van der Waals surface area contributed by atoms with Crippen molar-refractivity contribution in [2.75, 3.05) is 0 Å². The van der Waals surface area contributed by atoms with E-state index in [0.717, 1.165) is 0 Å². The second-order valence-corrected chi connectivity index (χ2v) is 10.5. The minimum absolute atomic E-state index is 1.17. The lowest BCUT2D eigenvalue weighted by molar-refractivity contribution is 0.509. The molecule has 4 aromatic rings. The van der Waals surface area contributed by atoms with E-state index in [0.29, 0.717) is 0 Å². The first-order valence-electron chi connectivity index (χ1n) is 13.9. The van der Waals surface area contributed by atoms with Crippen molar-refractivity contribution in [2.24, 2.45) is 0 Å². The topological polar surface area (TPSA) is 221 Å². The number of aromatic nitrogens is 3. The summed E-state index contributed by atoms with van der Waals surface area (Å²) < 4.78 is 156. The second-order valence-electron chi connectivity index (χ2n) is 10.5. The zero-order valence-electron chi connectivity index (χ0n) is 25.2. The lowest BCUT2D eigenvalue weighted by Crippen LogP contribution is -2.64. The molecule has 21 heteroatoms. The van der Waals surface area contributed by atoms with Crippen LogP contribution in [-0.2, 0) is 0 Å². The predicted molar refractivity (Wildman–Crippen MR) is 152 cm³/mol. The third-order valence-corrected chi connectivity index (χ3v) is 7.92. The van der Waals surface area contributed by atoms with Crippen LogP contribution in [0, 0.1) is 85.8 Å². The first kappa shape index (κ1) is 34.1. The van der Waals surface area contributed by atoms with Crippen LogP contribution in [0.15, 0.2) is 30.0 Å². The van der Waals surface area contributed by atoms with Crippen LogP contribution in [0.1, 0.15) is 35.0 Å². The molecule has 0 spiro atoms. The van der Waals surface area contributed by atoms with Crippen molar-refractivity contribution in [3.8, 4) is 36.4 Å². The first-order chi connectivity index (χ1) is 25.8. The molecular weight excluding hydrogens is 741 g/mol. The van der Waals surface area contributed by atoms with Gasteiger partial charge in [-0.2, -0.15) is 59.7 Å². The Kier molecular flexibility index (Phi) is 7.47. The van der Waals surface area contributed by atoms with Gasteiger partial charge in [-0.25, -0.2) is 26.3 Å². The van der Waals surface area contributed by atoms with Crippen molar-refractivity contribution < 1.29 is 52.8 Å². The predicted octanol–water partition coefficient (Wildman–Crippen LogP) is 2.12. The molecule has 7 rings (SSSR count). The van der Waals surface area contributed by atoms with E-state index < -0.39 is 153 Å². The summed E-state index contributed by atoms with van der Waals surface area (Å²) in [4.78, 5) is 9.32. The summed E-state index contributed by atoms with van der Waals surface area (Å²) >= 11 is 0. The van der Waals surface area contributed by atoms with Crippen LogP contribution >= 0.6 is 0 Å². The number of halogens is 9. The molecule has 0 saturated carbocycles. The SMILES string of the molecule is N#CC(=C1C(F)=c2c3c(c4c(c2=C1F)=C(F)C(=C(C#N)c1nc(F)c(C#N)o1)C=4F)=C(F)C(=C(C#N)c1nc(F)c(C#N)o1)C=3F)c1nc(F)c(C#N)o1. The molecule has 0 atom stereocenters. The Labute approximate surface area is 288 Å². The summed E-state index contributed by atoms with van der Waals surface area (Å²) in [5.74, 6) is -24.5. The molecule has 3 aliphatic carbocycles. The van der Waals surface area contributed by atoms with Gasteiger partial charge in [0.15, 0.2) is 0 Å². The van der Waals surface area contributed by atoms with Gasteiger partial charge in [0.05, 0.1) is 16.7 Å². The highest BCUT2D eigenvalue weighted by Crippen LogP contribution is 2.37. The fourth-order valence-corrected chi connectivity index (χ4v) is 5.83. The molecule has 0 amide bonds. The number of hydrogen-bond acceptors (Lipinski definition) is 12. The first-order valence-corrected chi connectivity index (χ1v) is 13.9. The summed E-state index contributed by atoms with van der Waals surface area (Å²) in [6.07, 6.45) is 0. The molecule has 54 heavy (non-hydrogen) atoms. The van der Waals surface area contributed by atoms with Crippen LogP contribution < -0.4 is 31.3 Å². The van der Waals surface area contributed by atoms with E-state index in [4.69, 9.17) is 29.0 Å². The van der Waals surface area contributed by atoms with Crippen LogP contribution in [0.2, 0.25) is 0 Å². The lowest BCUT2D eigenvalue weighted by atomic mass is 10.1. The van der Waals surface area contributed by atoms with Gasteiger partial charge in [0.25, 0.3) is 35.1 Å². The molecule has 0 radical (unpaired) electrons. The van der Waals surface area contributed by atoms with Gasteiger partial charge in [0, 0.05) is 31.3 Å². The van der Waals surface area contributed by atoms with Gasteiger partial charge in [-0.05, 0) is 0 Å². The van der Waals surface area contributed by atoms with Crippen molar-refractivity contribution in [1.29, 1.82) is 31.6 Å². The maximum Gasteiger partial charge on any atom is 0.270 e. The normalized spacial score (nSPS) is 13.9. The number of benzene rings is 1. The van der Waals surface area contributed by atoms with Crippen molar-refractivity contribution in [3.63, 3.8) is 0 Å². The van der Waals surface area contributed by atoms with Crippen molar-refractivity contribution in [3.05, 3.63) is 101 Å². The molecule has 258 valence electrons. The highest BCUT2D eigenvalue weighted by molar-refractivity contribution is 6.03. The average Bonchev–Trinajstić information content (AvgIpc) is 3.98. The molecule has 0 unspecified atom stereocenters. The third-order valence-electron chi connectivity index (χ3n) is 7.92. The minimum atomic E-state index is -2.05. The van der Waals surface area contributed by atoms with Crippen molar-refractivity contribution in [1.82, 2.24) is 15.0 Å². The standard InChI is InChI=1S/C33F9N9O3/c34-22-13(7(1-43)31-49-28(40)10(4-46)52-31)23(35)17-16(22)18-20(26(38)14(24(18)36)8(2-44)32-50-29(41)11(5-47)53-32)21-19(17)25(37)15(27(21)39)9(3-45)33-51-30(42)12(6-48)54-33. The van der Waals surface area contributed by atoms with E-state index in [-0.39, 0.29) is 0 Å². The van der Waals surface area contributed by atoms with Gasteiger partial charge < -0.3 is 13.3 Å². The monoisotopic (exact) mass is 741 g/mol. The molecular formula is C33F9N9O3. The molecule has 0 aliphatic heterocycles. The summed E-state index contributed by atoms with van der Waals surface area (Å²) in [5, 5.41) is 47.8. The van der Waals surface area contributed by atoms with Gasteiger partial charge in [-0.15, -0.1) is 0 Å². The van der Waals surface area contributed by atoms with E-state index in [1.165, 1.54) is 36.4 Å². The Balaban J connectivity index is 1.79. The third kappa shape index (κ3) is 4.30. The smallest absolute Gasteiger partial charge is 0.270 e. The Morgan fingerprint density at radius 3 is 0.722 bits per heavy atom. The van der Waals surface area contributed by atoms with E-state index in [1.54, 1.807) is 0 Å². The van der Waals surface area contributed by atoms with Gasteiger partial charge >= 0.3 is 0 Å². The highest BCUT2D eigenvalue weighted by Gasteiger charge is 2.39. The minimum Gasteiger partial charge on any atom is -0.421 e. The van der Waals surface area contributed by atoms with Crippen molar-refractivity contribution in [2.45, 2.75) is 0 Å². The summed E-state index contributed by atoms with van der Waals surface area (Å²) in [5.41, 5.74) is -8.82. The Bertz CT molecular complexity index is 2850. The maximum absolute atomic E-state index is 16.6.